The summed E-state index contributed by atoms with van der Waals surface area (Å²) in [5.41, 5.74) is 0. The SMILES string of the molecule is CC(CS)C(=O)NC(C)C(O)CN(C)C. The summed E-state index contributed by atoms with van der Waals surface area (Å²) in [6.45, 7) is 4.15. The molecular weight excluding hydrogens is 212 g/mol. The Labute approximate surface area is 97.4 Å². The van der Waals surface area contributed by atoms with E-state index in [2.05, 4.69) is 17.9 Å². The second kappa shape index (κ2) is 7.09. The van der Waals surface area contributed by atoms with E-state index in [4.69, 9.17) is 0 Å². The van der Waals surface area contributed by atoms with Crippen molar-refractivity contribution in [3.8, 4) is 0 Å². The normalized spacial score (nSPS) is 17.3. The first-order valence-corrected chi connectivity index (χ1v) is 5.75. The number of amides is 1. The molecule has 0 rings (SSSR count). The Bertz CT molecular complexity index is 200. The Balaban J connectivity index is 4.01. The summed E-state index contributed by atoms with van der Waals surface area (Å²) in [6.07, 6.45) is -0.545. The van der Waals surface area contributed by atoms with Crippen LogP contribution in [-0.2, 0) is 4.79 Å². The topological polar surface area (TPSA) is 52.6 Å². The fourth-order valence-corrected chi connectivity index (χ4v) is 1.24. The lowest BCUT2D eigenvalue weighted by atomic mass is 10.1. The van der Waals surface area contributed by atoms with Crippen LogP contribution in [0.1, 0.15) is 13.8 Å². The summed E-state index contributed by atoms with van der Waals surface area (Å²) < 4.78 is 0. The van der Waals surface area contributed by atoms with Gasteiger partial charge in [0.1, 0.15) is 0 Å². The number of aliphatic hydroxyl groups excluding tert-OH is 1. The van der Waals surface area contributed by atoms with Crippen molar-refractivity contribution >= 4 is 18.5 Å². The average Bonchev–Trinajstić information content (AvgIpc) is 2.15. The predicted molar refractivity (Wildman–Crippen MR) is 65.2 cm³/mol. The molecule has 1 amide bonds. The van der Waals surface area contributed by atoms with Crippen LogP contribution in [0.2, 0.25) is 0 Å². The van der Waals surface area contributed by atoms with Crippen molar-refractivity contribution in [3.63, 3.8) is 0 Å². The van der Waals surface area contributed by atoms with E-state index in [-0.39, 0.29) is 17.9 Å². The lowest BCUT2D eigenvalue weighted by Crippen LogP contribution is -2.47. The minimum absolute atomic E-state index is 0.0599. The van der Waals surface area contributed by atoms with Gasteiger partial charge >= 0.3 is 0 Å². The number of nitrogens with one attached hydrogen (secondary N) is 1. The molecule has 0 aliphatic rings. The maximum Gasteiger partial charge on any atom is 0.223 e. The van der Waals surface area contributed by atoms with Crippen LogP contribution in [0.25, 0.3) is 0 Å². The molecule has 0 aromatic carbocycles. The number of likely N-dealkylation sites (N-methyl/N-ethyl adjacent to an activating group) is 1. The largest absolute Gasteiger partial charge is 0.390 e. The molecule has 0 aromatic rings. The molecule has 90 valence electrons. The van der Waals surface area contributed by atoms with E-state index in [1.807, 2.05) is 25.9 Å². The standard InChI is InChI=1S/C10H22N2O2S/c1-7(6-15)10(14)11-8(2)9(13)5-12(3)4/h7-9,13,15H,5-6H2,1-4H3,(H,11,14). The van der Waals surface area contributed by atoms with Gasteiger partial charge in [0, 0.05) is 18.2 Å². The third kappa shape index (κ3) is 6.02. The Kier molecular flexibility index (Phi) is 6.96. The van der Waals surface area contributed by atoms with Crippen LogP contribution in [0.4, 0.5) is 0 Å². The average molecular weight is 234 g/mol. The zero-order valence-corrected chi connectivity index (χ0v) is 10.8. The molecule has 0 aliphatic carbocycles. The summed E-state index contributed by atoms with van der Waals surface area (Å²) >= 11 is 4.05. The van der Waals surface area contributed by atoms with Crippen molar-refractivity contribution in [2.45, 2.75) is 26.0 Å². The molecule has 0 radical (unpaired) electrons. The molecule has 15 heavy (non-hydrogen) atoms. The van der Waals surface area contributed by atoms with Crippen LogP contribution in [-0.4, -0.2) is 54.5 Å². The molecule has 0 aromatic heterocycles. The molecule has 0 bridgehead atoms. The molecule has 0 saturated carbocycles. The molecule has 3 unspecified atom stereocenters. The summed E-state index contributed by atoms with van der Waals surface area (Å²) in [5, 5.41) is 12.5. The van der Waals surface area contributed by atoms with Crippen LogP contribution in [0, 0.1) is 5.92 Å². The van der Waals surface area contributed by atoms with Crippen molar-refractivity contribution < 1.29 is 9.90 Å². The first-order chi connectivity index (χ1) is 6.88. The van der Waals surface area contributed by atoms with Gasteiger partial charge in [-0.3, -0.25) is 4.79 Å². The number of carbonyl (C=O) groups is 1. The molecule has 0 heterocycles. The lowest BCUT2D eigenvalue weighted by Gasteiger charge is -2.24. The number of aliphatic hydroxyl groups is 1. The van der Waals surface area contributed by atoms with Crippen molar-refractivity contribution in [3.05, 3.63) is 0 Å². The van der Waals surface area contributed by atoms with Gasteiger partial charge in [-0.25, -0.2) is 0 Å². The van der Waals surface area contributed by atoms with Gasteiger partial charge in [-0.05, 0) is 21.0 Å². The van der Waals surface area contributed by atoms with Crippen LogP contribution < -0.4 is 5.32 Å². The van der Waals surface area contributed by atoms with E-state index in [0.29, 0.717) is 12.3 Å². The smallest absolute Gasteiger partial charge is 0.223 e. The zero-order chi connectivity index (χ0) is 12.0. The molecule has 2 N–H and O–H groups in total. The maximum atomic E-state index is 11.5. The highest BCUT2D eigenvalue weighted by atomic mass is 32.1. The van der Waals surface area contributed by atoms with Crippen molar-refractivity contribution in [1.29, 1.82) is 0 Å². The Morgan fingerprint density at radius 3 is 2.40 bits per heavy atom. The first-order valence-electron chi connectivity index (χ1n) is 5.12. The van der Waals surface area contributed by atoms with Crippen LogP contribution in [0.5, 0.6) is 0 Å². The van der Waals surface area contributed by atoms with Gasteiger partial charge in [0.2, 0.25) is 5.91 Å². The van der Waals surface area contributed by atoms with Gasteiger partial charge < -0.3 is 15.3 Å². The van der Waals surface area contributed by atoms with Gasteiger partial charge in [0.15, 0.2) is 0 Å². The summed E-state index contributed by atoms with van der Waals surface area (Å²) in [5.74, 6) is 0.333. The fraction of sp³-hybridized carbons (Fsp3) is 0.900. The van der Waals surface area contributed by atoms with E-state index < -0.39 is 6.10 Å². The molecular formula is C10H22N2O2S. The Morgan fingerprint density at radius 1 is 1.47 bits per heavy atom. The van der Waals surface area contributed by atoms with Gasteiger partial charge in [0.25, 0.3) is 0 Å². The van der Waals surface area contributed by atoms with E-state index >= 15 is 0 Å². The quantitative estimate of drug-likeness (QED) is 0.566. The molecule has 0 saturated heterocycles. The van der Waals surface area contributed by atoms with E-state index in [1.165, 1.54) is 0 Å². The van der Waals surface area contributed by atoms with Crippen LogP contribution in [0.15, 0.2) is 0 Å². The highest BCUT2D eigenvalue weighted by molar-refractivity contribution is 7.80. The number of hydrogen-bond donors (Lipinski definition) is 3. The van der Waals surface area contributed by atoms with Crippen LogP contribution in [0.3, 0.4) is 0 Å². The molecule has 0 aliphatic heterocycles. The van der Waals surface area contributed by atoms with Crippen molar-refractivity contribution in [1.82, 2.24) is 10.2 Å². The van der Waals surface area contributed by atoms with Crippen molar-refractivity contribution in [2.75, 3.05) is 26.4 Å². The fourth-order valence-electron chi connectivity index (χ4n) is 1.08. The highest BCUT2D eigenvalue weighted by Gasteiger charge is 2.19. The minimum atomic E-state index is -0.545. The first kappa shape index (κ1) is 14.7. The highest BCUT2D eigenvalue weighted by Crippen LogP contribution is 2.00. The van der Waals surface area contributed by atoms with Gasteiger partial charge in [0.05, 0.1) is 12.1 Å². The predicted octanol–water partition coefficient (Wildman–Crippen LogP) is -0.0205. The van der Waals surface area contributed by atoms with Gasteiger partial charge in [-0.2, -0.15) is 12.6 Å². The third-order valence-corrected chi connectivity index (χ3v) is 2.77. The minimum Gasteiger partial charge on any atom is -0.390 e. The molecule has 5 heteroatoms. The summed E-state index contributed by atoms with van der Waals surface area (Å²) in [6, 6.07) is -0.234. The Morgan fingerprint density at radius 2 is 2.00 bits per heavy atom. The number of nitrogens with zero attached hydrogens (tertiary/aromatic N) is 1. The Hall–Kier alpha value is -0.260. The van der Waals surface area contributed by atoms with E-state index in [1.54, 1.807) is 6.92 Å². The molecule has 0 fully saturated rings. The van der Waals surface area contributed by atoms with Gasteiger partial charge in [-0.1, -0.05) is 6.92 Å². The number of thiol groups is 1. The molecule has 4 nitrogen and oxygen atoms in total. The summed E-state index contributed by atoms with van der Waals surface area (Å²) in [4.78, 5) is 13.4. The van der Waals surface area contributed by atoms with E-state index in [0.717, 1.165) is 0 Å². The van der Waals surface area contributed by atoms with Crippen molar-refractivity contribution in [2.24, 2.45) is 5.92 Å². The lowest BCUT2D eigenvalue weighted by molar-refractivity contribution is -0.125. The molecule has 0 spiro atoms. The number of rotatable bonds is 6. The summed E-state index contributed by atoms with van der Waals surface area (Å²) in [7, 11) is 3.77. The third-order valence-electron chi connectivity index (χ3n) is 2.22. The second-order valence-electron chi connectivity index (χ2n) is 4.21. The number of hydrogen-bond acceptors (Lipinski definition) is 4. The van der Waals surface area contributed by atoms with E-state index in [9.17, 15) is 9.90 Å². The zero-order valence-electron chi connectivity index (χ0n) is 9.90. The molecule has 3 atom stereocenters. The second-order valence-corrected chi connectivity index (χ2v) is 4.58. The maximum absolute atomic E-state index is 11.5. The van der Waals surface area contributed by atoms with Gasteiger partial charge in [-0.15, -0.1) is 0 Å². The number of carbonyl (C=O) groups excluding carboxylic acids is 1. The monoisotopic (exact) mass is 234 g/mol. The van der Waals surface area contributed by atoms with Crippen LogP contribution >= 0.6 is 12.6 Å².